The van der Waals surface area contributed by atoms with Gasteiger partial charge in [-0.2, -0.15) is 0 Å². The summed E-state index contributed by atoms with van der Waals surface area (Å²) < 4.78 is 5.96. The minimum absolute atomic E-state index is 0.00567. The summed E-state index contributed by atoms with van der Waals surface area (Å²) in [7, 11) is 0. The van der Waals surface area contributed by atoms with Crippen LogP contribution < -0.4 is 16.0 Å². The first-order valence-electron chi connectivity index (χ1n) is 9.89. The number of pyridine rings is 1. The van der Waals surface area contributed by atoms with E-state index >= 15 is 0 Å². The van der Waals surface area contributed by atoms with Crippen molar-refractivity contribution in [3.05, 3.63) is 47.5 Å². The summed E-state index contributed by atoms with van der Waals surface area (Å²) in [5, 5.41) is 3.47. The molecule has 0 aromatic carbocycles. The van der Waals surface area contributed by atoms with Gasteiger partial charge in [-0.1, -0.05) is 13.0 Å². The molecule has 1 saturated heterocycles. The van der Waals surface area contributed by atoms with Gasteiger partial charge in [0, 0.05) is 43.2 Å². The highest BCUT2D eigenvalue weighted by atomic mass is 16.3. The second-order valence-corrected chi connectivity index (χ2v) is 7.88. The Hall–Kier alpha value is -2.34. The van der Waals surface area contributed by atoms with Gasteiger partial charge in [0.05, 0.1) is 6.54 Å². The molecule has 1 aliphatic carbocycles. The number of nitrogens with one attached hydrogen (secondary N) is 1. The van der Waals surface area contributed by atoms with Crippen molar-refractivity contribution in [2.24, 2.45) is 17.6 Å². The molecule has 2 fully saturated rings. The number of aromatic nitrogens is 1. The first-order valence-corrected chi connectivity index (χ1v) is 9.89. The van der Waals surface area contributed by atoms with Crippen molar-refractivity contribution in [2.75, 3.05) is 18.0 Å². The van der Waals surface area contributed by atoms with Crippen LogP contribution in [0.1, 0.15) is 49.2 Å². The Morgan fingerprint density at radius 2 is 2.07 bits per heavy atom. The number of amides is 1. The van der Waals surface area contributed by atoms with E-state index in [9.17, 15) is 4.79 Å². The lowest BCUT2D eigenvalue weighted by molar-refractivity contribution is -0.122. The van der Waals surface area contributed by atoms with Gasteiger partial charge >= 0.3 is 0 Å². The molecule has 2 aromatic rings. The molecule has 3 N–H and O–H groups in total. The van der Waals surface area contributed by atoms with Gasteiger partial charge in [-0.05, 0) is 43.4 Å². The van der Waals surface area contributed by atoms with Crippen molar-refractivity contribution >= 4 is 11.7 Å². The third-order valence-corrected chi connectivity index (χ3v) is 5.84. The highest BCUT2D eigenvalue weighted by Crippen LogP contribution is 2.47. The van der Waals surface area contributed by atoms with E-state index in [-0.39, 0.29) is 11.8 Å². The summed E-state index contributed by atoms with van der Waals surface area (Å²) in [5.74, 6) is 4.29. The van der Waals surface area contributed by atoms with Crippen molar-refractivity contribution in [3.63, 3.8) is 0 Å². The quantitative estimate of drug-likeness (QED) is 0.785. The lowest BCUT2D eigenvalue weighted by Crippen LogP contribution is -2.39. The molecular weight excluding hydrogens is 340 g/mol. The molecule has 0 bridgehead atoms. The minimum atomic E-state index is -0.184. The van der Waals surface area contributed by atoms with Gasteiger partial charge in [0.2, 0.25) is 5.91 Å². The third-order valence-electron chi connectivity index (χ3n) is 5.84. The van der Waals surface area contributed by atoms with Crippen LogP contribution in [0.3, 0.4) is 0 Å². The molecule has 27 heavy (non-hydrogen) atoms. The molecule has 1 amide bonds. The van der Waals surface area contributed by atoms with Gasteiger partial charge in [-0.25, -0.2) is 4.98 Å². The number of carbonyl (C=O) groups excluding carboxylic acids is 1. The number of primary amides is 1. The number of piperidine rings is 1. The van der Waals surface area contributed by atoms with E-state index in [1.165, 1.54) is 6.42 Å². The Morgan fingerprint density at radius 1 is 1.30 bits per heavy atom. The Morgan fingerprint density at radius 3 is 2.78 bits per heavy atom. The zero-order valence-electron chi connectivity index (χ0n) is 15.9. The van der Waals surface area contributed by atoms with Crippen molar-refractivity contribution in [2.45, 2.75) is 45.2 Å². The number of carbonyl (C=O) groups is 1. The van der Waals surface area contributed by atoms with Gasteiger partial charge in [0.1, 0.15) is 17.3 Å². The van der Waals surface area contributed by atoms with Crippen LogP contribution in [0.5, 0.6) is 0 Å². The summed E-state index contributed by atoms with van der Waals surface area (Å²) in [5.41, 5.74) is 6.61. The lowest BCUT2D eigenvalue weighted by Gasteiger charge is -2.32. The minimum Gasteiger partial charge on any atom is -0.464 e. The molecular formula is C21H28N4O2. The number of hydrogen-bond donors (Lipinski definition) is 2. The van der Waals surface area contributed by atoms with Crippen LogP contribution in [-0.2, 0) is 17.9 Å². The zero-order chi connectivity index (χ0) is 18.8. The molecule has 6 heteroatoms. The van der Waals surface area contributed by atoms with E-state index in [0.29, 0.717) is 12.5 Å². The molecule has 144 valence electrons. The average molecular weight is 368 g/mol. The molecule has 1 aliphatic heterocycles. The molecule has 2 unspecified atom stereocenters. The maximum Gasteiger partial charge on any atom is 0.220 e. The molecule has 4 rings (SSSR count). The van der Waals surface area contributed by atoms with Crippen LogP contribution in [0, 0.1) is 11.8 Å². The van der Waals surface area contributed by atoms with Crippen LogP contribution >= 0.6 is 0 Å². The molecule has 1 saturated carbocycles. The van der Waals surface area contributed by atoms with E-state index in [1.807, 2.05) is 12.3 Å². The van der Waals surface area contributed by atoms with Crippen molar-refractivity contribution < 1.29 is 9.21 Å². The first-order chi connectivity index (χ1) is 13.1. The summed E-state index contributed by atoms with van der Waals surface area (Å²) >= 11 is 0. The topological polar surface area (TPSA) is 84.4 Å². The fraction of sp³-hybridized carbons (Fsp3) is 0.524. The van der Waals surface area contributed by atoms with Crippen molar-refractivity contribution in [3.8, 4) is 0 Å². The summed E-state index contributed by atoms with van der Waals surface area (Å²) in [4.78, 5) is 18.2. The predicted molar refractivity (Wildman–Crippen MR) is 104 cm³/mol. The van der Waals surface area contributed by atoms with E-state index in [0.717, 1.165) is 61.3 Å². The monoisotopic (exact) mass is 368 g/mol. The van der Waals surface area contributed by atoms with E-state index in [1.54, 1.807) is 0 Å². The molecule has 2 aromatic heterocycles. The Bertz CT molecular complexity index is 795. The van der Waals surface area contributed by atoms with Crippen LogP contribution in [0.15, 0.2) is 34.9 Å². The standard InChI is InChI=1S/C21H28N4O2/c1-14-11-18(14)19-5-4-17(27-19)13-23-12-16-3-2-8-24-21(16)25-9-6-15(7-10-25)20(22)26/h2-5,8,14-15,18,23H,6-7,9-13H2,1H3,(H2,22,26). The second kappa shape index (κ2) is 7.72. The maximum absolute atomic E-state index is 11.4. The number of nitrogens with two attached hydrogens (primary N) is 1. The average Bonchev–Trinajstić information content (AvgIpc) is 3.23. The summed E-state index contributed by atoms with van der Waals surface area (Å²) in [6.45, 7) is 5.34. The smallest absolute Gasteiger partial charge is 0.220 e. The Labute approximate surface area is 160 Å². The predicted octanol–water partition coefficient (Wildman–Crippen LogP) is 2.79. The van der Waals surface area contributed by atoms with Crippen LogP contribution in [0.25, 0.3) is 0 Å². The number of nitrogens with zero attached hydrogens (tertiary/aromatic N) is 2. The van der Waals surface area contributed by atoms with Crippen LogP contribution in [-0.4, -0.2) is 24.0 Å². The number of hydrogen-bond acceptors (Lipinski definition) is 5. The zero-order valence-corrected chi connectivity index (χ0v) is 15.9. The maximum atomic E-state index is 11.4. The molecule has 3 heterocycles. The van der Waals surface area contributed by atoms with Gasteiger partial charge < -0.3 is 20.4 Å². The molecule has 2 atom stereocenters. The molecule has 0 radical (unpaired) electrons. The number of furan rings is 1. The molecule has 6 nitrogen and oxygen atoms in total. The van der Waals surface area contributed by atoms with Gasteiger partial charge in [-0.15, -0.1) is 0 Å². The van der Waals surface area contributed by atoms with E-state index in [4.69, 9.17) is 10.2 Å². The normalized spacial score (nSPS) is 22.8. The largest absolute Gasteiger partial charge is 0.464 e. The van der Waals surface area contributed by atoms with Gasteiger partial charge in [0.15, 0.2) is 0 Å². The molecule has 2 aliphatic rings. The fourth-order valence-electron chi connectivity index (χ4n) is 3.96. The van der Waals surface area contributed by atoms with E-state index in [2.05, 4.69) is 40.3 Å². The van der Waals surface area contributed by atoms with Crippen molar-refractivity contribution in [1.29, 1.82) is 0 Å². The highest BCUT2D eigenvalue weighted by Gasteiger charge is 2.36. The highest BCUT2D eigenvalue weighted by molar-refractivity contribution is 5.77. The molecule has 0 spiro atoms. The van der Waals surface area contributed by atoms with E-state index < -0.39 is 0 Å². The summed E-state index contributed by atoms with van der Waals surface area (Å²) in [6.07, 6.45) is 4.67. The van der Waals surface area contributed by atoms with Gasteiger partial charge in [-0.3, -0.25) is 4.79 Å². The SMILES string of the molecule is CC1CC1c1ccc(CNCc2cccnc2N2CCC(C(N)=O)CC2)o1. The third kappa shape index (κ3) is 4.16. The van der Waals surface area contributed by atoms with Gasteiger partial charge in [0.25, 0.3) is 0 Å². The second-order valence-electron chi connectivity index (χ2n) is 7.88. The fourth-order valence-corrected chi connectivity index (χ4v) is 3.96. The Kier molecular flexibility index (Phi) is 5.16. The van der Waals surface area contributed by atoms with Crippen LogP contribution in [0.2, 0.25) is 0 Å². The lowest BCUT2D eigenvalue weighted by atomic mass is 9.96. The first kappa shape index (κ1) is 18.0. The summed E-state index contributed by atoms with van der Waals surface area (Å²) in [6, 6.07) is 8.26. The van der Waals surface area contributed by atoms with Crippen LogP contribution in [0.4, 0.5) is 5.82 Å². The number of rotatable bonds is 7. The number of anilines is 1. The van der Waals surface area contributed by atoms with Crippen molar-refractivity contribution in [1.82, 2.24) is 10.3 Å². The Balaban J connectivity index is 1.33.